The molecule has 0 aromatic heterocycles. The summed E-state index contributed by atoms with van der Waals surface area (Å²) < 4.78 is 13.6. The van der Waals surface area contributed by atoms with Crippen LogP contribution in [0.5, 0.6) is 0 Å². The van der Waals surface area contributed by atoms with Crippen molar-refractivity contribution in [3.8, 4) is 0 Å². The Morgan fingerprint density at radius 1 is 1.35 bits per heavy atom. The molecule has 0 spiro atoms. The van der Waals surface area contributed by atoms with Crippen LogP contribution in [0.25, 0.3) is 0 Å². The second-order valence-corrected chi connectivity index (χ2v) is 6.41. The molecular formula is C16H24ClFN2. The topological polar surface area (TPSA) is 15.3 Å². The number of hydrogen-bond acceptors (Lipinski definition) is 2. The summed E-state index contributed by atoms with van der Waals surface area (Å²) in [5.74, 6) is -0.232. The van der Waals surface area contributed by atoms with E-state index in [1.807, 2.05) is 0 Å². The summed E-state index contributed by atoms with van der Waals surface area (Å²) in [4.78, 5) is 2.47. The van der Waals surface area contributed by atoms with Gasteiger partial charge in [-0.05, 0) is 70.1 Å². The van der Waals surface area contributed by atoms with Crippen LogP contribution in [0.3, 0.4) is 0 Å². The van der Waals surface area contributed by atoms with Gasteiger partial charge in [0.1, 0.15) is 5.82 Å². The van der Waals surface area contributed by atoms with Gasteiger partial charge in [0.05, 0.1) is 6.04 Å². The van der Waals surface area contributed by atoms with Crippen LogP contribution >= 0.6 is 11.6 Å². The first-order valence-electron chi connectivity index (χ1n) is 7.40. The van der Waals surface area contributed by atoms with Gasteiger partial charge in [-0.25, -0.2) is 4.39 Å². The van der Waals surface area contributed by atoms with E-state index < -0.39 is 0 Å². The van der Waals surface area contributed by atoms with Crippen LogP contribution in [0, 0.1) is 5.82 Å². The maximum atomic E-state index is 13.6. The van der Waals surface area contributed by atoms with Crippen molar-refractivity contribution in [1.29, 1.82) is 0 Å². The minimum absolute atomic E-state index is 0.0220. The molecule has 1 aromatic rings. The predicted molar refractivity (Wildman–Crippen MR) is 82.7 cm³/mol. The fraction of sp³-hybridized carbons (Fsp3) is 0.625. The molecule has 4 heteroatoms. The molecule has 0 amide bonds. The average molecular weight is 299 g/mol. The highest BCUT2D eigenvalue weighted by atomic mass is 35.5. The molecular weight excluding hydrogens is 275 g/mol. The number of likely N-dealkylation sites (tertiary alicyclic amines) is 1. The first kappa shape index (κ1) is 15.7. The van der Waals surface area contributed by atoms with E-state index in [0.717, 1.165) is 25.2 Å². The average Bonchev–Trinajstić information content (AvgIpc) is 2.93. The van der Waals surface area contributed by atoms with E-state index in [1.54, 1.807) is 12.1 Å². The van der Waals surface area contributed by atoms with Gasteiger partial charge in [-0.2, -0.15) is 0 Å². The number of nitrogens with one attached hydrogen (secondary N) is 1. The van der Waals surface area contributed by atoms with Crippen molar-refractivity contribution in [1.82, 2.24) is 10.2 Å². The van der Waals surface area contributed by atoms with Gasteiger partial charge in [-0.3, -0.25) is 4.90 Å². The molecule has 1 N–H and O–H groups in total. The largest absolute Gasteiger partial charge is 0.309 e. The molecule has 0 saturated carbocycles. The maximum absolute atomic E-state index is 13.6. The second-order valence-electron chi connectivity index (χ2n) is 6.00. The highest BCUT2D eigenvalue weighted by molar-refractivity contribution is 6.31. The Balaban J connectivity index is 2.36. The highest BCUT2D eigenvalue weighted by Crippen LogP contribution is 2.36. The number of benzene rings is 1. The molecule has 1 heterocycles. The molecule has 112 valence electrons. The lowest BCUT2D eigenvalue weighted by Gasteiger charge is -2.43. The summed E-state index contributed by atoms with van der Waals surface area (Å²) in [5, 5.41) is 4.12. The first-order chi connectivity index (χ1) is 9.46. The molecule has 1 aromatic carbocycles. The van der Waals surface area contributed by atoms with Crippen LogP contribution in [-0.2, 0) is 0 Å². The summed E-state index contributed by atoms with van der Waals surface area (Å²) in [6, 6.07) is 4.65. The highest BCUT2D eigenvalue weighted by Gasteiger charge is 2.38. The van der Waals surface area contributed by atoms with Crippen molar-refractivity contribution in [3.05, 3.63) is 34.6 Å². The fourth-order valence-corrected chi connectivity index (χ4v) is 3.38. The van der Waals surface area contributed by atoms with Crippen LogP contribution < -0.4 is 5.32 Å². The van der Waals surface area contributed by atoms with Crippen LogP contribution in [0.4, 0.5) is 4.39 Å². The molecule has 1 saturated heterocycles. The smallest absolute Gasteiger partial charge is 0.123 e. The zero-order valence-corrected chi connectivity index (χ0v) is 13.3. The predicted octanol–water partition coefficient (Wildman–Crippen LogP) is 4.00. The van der Waals surface area contributed by atoms with Crippen molar-refractivity contribution in [2.45, 2.75) is 45.2 Å². The Bertz CT molecular complexity index is 456. The molecule has 0 aliphatic carbocycles. The minimum atomic E-state index is -0.232. The van der Waals surface area contributed by atoms with Crippen molar-refractivity contribution >= 4 is 11.6 Å². The Morgan fingerprint density at radius 2 is 2.00 bits per heavy atom. The summed E-state index contributed by atoms with van der Waals surface area (Å²) in [6.07, 6.45) is 2.47. The molecule has 20 heavy (non-hydrogen) atoms. The zero-order chi connectivity index (χ0) is 14.8. The van der Waals surface area contributed by atoms with E-state index >= 15 is 0 Å². The van der Waals surface area contributed by atoms with Gasteiger partial charge in [0.25, 0.3) is 0 Å². The molecule has 2 nitrogen and oxygen atoms in total. The quantitative estimate of drug-likeness (QED) is 0.884. The molecule has 0 bridgehead atoms. The van der Waals surface area contributed by atoms with Crippen LogP contribution in [0.2, 0.25) is 5.02 Å². The van der Waals surface area contributed by atoms with Crippen molar-refractivity contribution in [2.75, 3.05) is 19.6 Å². The van der Waals surface area contributed by atoms with E-state index in [2.05, 4.69) is 31.0 Å². The van der Waals surface area contributed by atoms with Gasteiger partial charge >= 0.3 is 0 Å². The SMILES string of the molecule is CCNC(c1cc(F)ccc1Cl)C(C)(C)N1CCCC1. The summed E-state index contributed by atoms with van der Waals surface area (Å²) in [6.45, 7) is 9.53. The second kappa shape index (κ2) is 6.42. The van der Waals surface area contributed by atoms with E-state index in [0.29, 0.717) is 5.02 Å². The first-order valence-corrected chi connectivity index (χ1v) is 7.78. The van der Waals surface area contributed by atoms with Crippen LogP contribution in [-0.4, -0.2) is 30.1 Å². The van der Waals surface area contributed by atoms with Crippen molar-refractivity contribution in [2.24, 2.45) is 0 Å². The van der Waals surface area contributed by atoms with Gasteiger partial charge < -0.3 is 5.32 Å². The summed E-state index contributed by atoms with van der Waals surface area (Å²) in [7, 11) is 0. The molecule has 1 aliphatic heterocycles. The normalized spacial score (nSPS) is 18.4. The van der Waals surface area contributed by atoms with Gasteiger partial charge in [0, 0.05) is 10.6 Å². The maximum Gasteiger partial charge on any atom is 0.123 e. The standard InChI is InChI=1S/C16H24ClFN2/c1-4-19-15(13-11-12(18)7-8-14(13)17)16(2,3)20-9-5-6-10-20/h7-8,11,15,19H,4-6,9-10H2,1-3H3. The van der Waals surface area contributed by atoms with Gasteiger partial charge in [-0.1, -0.05) is 18.5 Å². The molecule has 1 atom stereocenters. The van der Waals surface area contributed by atoms with Gasteiger partial charge in [0.15, 0.2) is 0 Å². The molecule has 1 fully saturated rings. The van der Waals surface area contributed by atoms with Gasteiger partial charge in [0.2, 0.25) is 0 Å². The Labute approximate surface area is 126 Å². The van der Waals surface area contributed by atoms with E-state index in [9.17, 15) is 4.39 Å². The Kier molecular flexibility index (Phi) is 5.05. The number of halogens is 2. The zero-order valence-electron chi connectivity index (χ0n) is 12.5. The molecule has 0 radical (unpaired) electrons. The van der Waals surface area contributed by atoms with Crippen LogP contribution in [0.15, 0.2) is 18.2 Å². The number of likely N-dealkylation sites (N-methyl/N-ethyl adjacent to an activating group) is 1. The van der Waals surface area contributed by atoms with Crippen molar-refractivity contribution < 1.29 is 4.39 Å². The number of nitrogens with zero attached hydrogens (tertiary/aromatic N) is 1. The lowest BCUT2D eigenvalue weighted by molar-refractivity contribution is 0.107. The van der Waals surface area contributed by atoms with E-state index in [4.69, 9.17) is 11.6 Å². The Morgan fingerprint density at radius 3 is 2.60 bits per heavy atom. The van der Waals surface area contributed by atoms with Crippen LogP contribution in [0.1, 0.15) is 45.2 Å². The lowest BCUT2D eigenvalue weighted by atomic mass is 9.86. The summed E-state index contributed by atoms with van der Waals surface area (Å²) >= 11 is 6.31. The third-order valence-electron chi connectivity index (χ3n) is 4.30. The van der Waals surface area contributed by atoms with Crippen molar-refractivity contribution in [3.63, 3.8) is 0 Å². The molecule has 2 rings (SSSR count). The third-order valence-corrected chi connectivity index (χ3v) is 4.65. The lowest BCUT2D eigenvalue weighted by Crippen LogP contribution is -2.51. The fourth-order valence-electron chi connectivity index (χ4n) is 3.16. The number of hydrogen-bond donors (Lipinski definition) is 1. The molecule has 1 aliphatic rings. The van der Waals surface area contributed by atoms with E-state index in [1.165, 1.54) is 18.9 Å². The third kappa shape index (κ3) is 3.16. The van der Waals surface area contributed by atoms with Gasteiger partial charge in [-0.15, -0.1) is 0 Å². The number of rotatable bonds is 5. The summed E-state index contributed by atoms with van der Waals surface area (Å²) in [5.41, 5.74) is 0.759. The molecule has 1 unspecified atom stereocenters. The Hall–Kier alpha value is -0.640. The minimum Gasteiger partial charge on any atom is -0.309 e. The monoisotopic (exact) mass is 298 g/mol. The van der Waals surface area contributed by atoms with E-state index in [-0.39, 0.29) is 17.4 Å².